The predicted octanol–water partition coefficient (Wildman–Crippen LogP) is 3.10. The summed E-state index contributed by atoms with van der Waals surface area (Å²) in [6.07, 6.45) is 11.9. The predicted molar refractivity (Wildman–Crippen MR) is 62.1 cm³/mol. The number of hydrogen-bond acceptors (Lipinski definition) is 2. The van der Waals surface area contributed by atoms with Crippen molar-refractivity contribution < 1.29 is 0 Å². The van der Waals surface area contributed by atoms with Crippen LogP contribution in [0.15, 0.2) is 40.7 Å². The second-order valence-electron chi connectivity index (χ2n) is 3.31. The van der Waals surface area contributed by atoms with Crippen molar-refractivity contribution in [2.45, 2.75) is 26.2 Å². The third-order valence-corrected chi connectivity index (χ3v) is 2.38. The van der Waals surface area contributed by atoms with E-state index in [9.17, 15) is 0 Å². The molecule has 0 unspecified atom stereocenters. The van der Waals surface area contributed by atoms with Gasteiger partial charge in [-0.1, -0.05) is 25.2 Å². The Morgan fingerprint density at radius 2 is 2.29 bits per heavy atom. The minimum atomic E-state index is 1.04. The Morgan fingerprint density at radius 3 is 2.93 bits per heavy atom. The van der Waals surface area contributed by atoms with Crippen LogP contribution in [0.5, 0.6) is 0 Å². The molecule has 0 saturated heterocycles. The van der Waals surface area contributed by atoms with E-state index in [1.807, 2.05) is 12.1 Å². The normalized spacial score (nSPS) is 18.7. The van der Waals surface area contributed by atoms with Crippen molar-refractivity contribution in [3.8, 4) is 0 Å². The highest BCUT2D eigenvalue weighted by Crippen LogP contribution is 2.20. The second-order valence-corrected chi connectivity index (χ2v) is 3.31. The van der Waals surface area contributed by atoms with E-state index in [1.54, 1.807) is 0 Å². The van der Waals surface area contributed by atoms with E-state index >= 15 is 0 Å². The average Bonchev–Trinajstić information content (AvgIpc) is 2.17. The highest BCUT2D eigenvalue weighted by Gasteiger charge is 2.07. The van der Waals surface area contributed by atoms with Crippen molar-refractivity contribution in [3.63, 3.8) is 0 Å². The first-order valence-corrected chi connectivity index (χ1v) is 5.06. The Morgan fingerprint density at radius 1 is 1.50 bits per heavy atom. The fourth-order valence-corrected chi connectivity index (χ4v) is 1.54. The molecule has 1 aliphatic rings. The van der Waals surface area contributed by atoms with E-state index in [-0.39, 0.29) is 0 Å². The van der Waals surface area contributed by atoms with Gasteiger partial charge in [0, 0.05) is 13.8 Å². The Kier molecular flexibility index (Phi) is 4.17. The molecule has 0 saturated carbocycles. The number of hydrazone groups is 1. The maximum atomic E-state index is 3.92. The Labute approximate surface area is 86.3 Å². The Bertz CT molecular complexity index is 285. The third kappa shape index (κ3) is 2.59. The molecule has 0 heterocycles. The van der Waals surface area contributed by atoms with Crippen LogP contribution in [-0.2, 0) is 0 Å². The lowest BCUT2D eigenvalue weighted by molar-refractivity contribution is 0.455. The summed E-state index contributed by atoms with van der Waals surface area (Å²) in [5.41, 5.74) is 2.50. The summed E-state index contributed by atoms with van der Waals surface area (Å²) in [7, 11) is 1.93. The lowest BCUT2D eigenvalue weighted by Crippen LogP contribution is -2.12. The summed E-state index contributed by atoms with van der Waals surface area (Å²) in [6, 6.07) is 0. The van der Waals surface area contributed by atoms with Crippen LogP contribution in [0.4, 0.5) is 0 Å². The van der Waals surface area contributed by atoms with Crippen LogP contribution in [0.1, 0.15) is 26.2 Å². The highest BCUT2D eigenvalue weighted by molar-refractivity contribution is 5.34. The SMILES string of the molecule is C=NN(C)C1=C/C=C\CCC=C1CC. The highest BCUT2D eigenvalue weighted by atomic mass is 15.4. The molecule has 0 radical (unpaired) electrons. The summed E-state index contributed by atoms with van der Waals surface area (Å²) in [6.45, 7) is 5.71. The van der Waals surface area contributed by atoms with Gasteiger partial charge in [-0.3, -0.25) is 5.01 Å². The summed E-state index contributed by atoms with van der Waals surface area (Å²) >= 11 is 0. The summed E-state index contributed by atoms with van der Waals surface area (Å²) in [5.74, 6) is 0. The van der Waals surface area contributed by atoms with Crippen molar-refractivity contribution in [2.24, 2.45) is 5.10 Å². The van der Waals surface area contributed by atoms with Gasteiger partial charge in [-0.2, -0.15) is 5.10 Å². The van der Waals surface area contributed by atoms with Crippen LogP contribution in [-0.4, -0.2) is 18.8 Å². The van der Waals surface area contributed by atoms with Crippen molar-refractivity contribution in [1.29, 1.82) is 0 Å². The van der Waals surface area contributed by atoms with Gasteiger partial charge in [-0.25, -0.2) is 0 Å². The summed E-state index contributed by atoms with van der Waals surface area (Å²) in [5, 5.41) is 5.75. The van der Waals surface area contributed by atoms with Crippen LogP contribution < -0.4 is 0 Å². The first-order valence-electron chi connectivity index (χ1n) is 5.06. The van der Waals surface area contributed by atoms with E-state index in [0.29, 0.717) is 0 Å². The maximum absolute atomic E-state index is 3.92. The minimum Gasteiger partial charge on any atom is -0.269 e. The standard InChI is InChI=1S/C12H18N2/c1-4-11-9-7-5-6-8-10-12(11)14(3)13-2/h6,8-10H,2,4-5,7H2,1,3H3/b8-6-,11-9?,12-10?. The number of nitrogens with zero attached hydrogens (tertiary/aromatic N) is 2. The van der Waals surface area contributed by atoms with Crippen molar-refractivity contribution in [3.05, 3.63) is 35.6 Å². The van der Waals surface area contributed by atoms with Gasteiger partial charge in [0.25, 0.3) is 0 Å². The van der Waals surface area contributed by atoms with Gasteiger partial charge in [-0.15, -0.1) is 0 Å². The molecule has 0 atom stereocenters. The molecule has 0 fully saturated rings. The first kappa shape index (κ1) is 10.8. The fraction of sp³-hybridized carbons (Fsp3) is 0.417. The smallest absolute Gasteiger partial charge is 0.0618 e. The zero-order chi connectivity index (χ0) is 10.4. The maximum Gasteiger partial charge on any atom is 0.0618 e. The topological polar surface area (TPSA) is 15.6 Å². The van der Waals surface area contributed by atoms with Gasteiger partial charge >= 0.3 is 0 Å². The molecule has 14 heavy (non-hydrogen) atoms. The lowest BCUT2D eigenvalue weighted by Gasteiger charge is -2.19. The molecular weight excluding hydrogens is 172 g/mol. The zero-order valence-corrected chi connectivity index (χ0v) is 9.03. The van der Waals surface area contributed by atoms with Crippen LogP contribution in [0.3, 0.4) is 0 Å². The van der Waals surface area contributed by atoms with Crippen molar-refractivity contribution in [2.75, 3.05) is 7.05 Å². The van der Waals surface area contributed by atoms with E-state index in [1.165, 1.54) is 5.57 Å². The molecule has 0 aromatic carbocycles. The van der Waals surface area contributed by atoms with Gasteiger partial charge < -0.3 is 0 Å². The van der Waals surface area contributed by atoms with Crippen LogP contribution in [0.25, 0.3) is 0 Å². The van der Waals surface area contributed by atoms with Crippen LogP contribution >= 0.6 is 0 Å². The molecule has 76 valence electrons. The van der Waals surface area contributed by atoms with Gasteiger partial charge in [0.1, 0.15) is 0 Å². The molecule has 0 N–H and O–H groups in total. The quantitative estimate of drug-likeness (QED) is 0.493. The average molecular weight is 190 g/mol. The van der Waals surface area contributed by atoms with E-state index in [4.69, 9.17) is 0 Å². The number of allylic oxidation sites excluding steroid dienone is 5. The monoisotopic (exact) mass is 190 g/mol. The minimum absolute atomic E-state index is 1.04. The number of hydrogen-bond donors (Lipinski definition) is 0. The molecule has 2 heteroatoms. The fourth-order valence-electron chi connectivity index (χ4n) is 1.54. The molecule has 1 aliphatic carbocycles. The van der Waals surface area contributed by atoms with Crippen LogP contribution in [0, 0.1) is 0 Å². The molecule has 0 bridgehead atoms. The molecule has 0 aromatic rings. The van der Waals surface area contributed by atoms with Gasteiger partial charge in [-0.05, 0) is 30.9 Å². The van der Waals surface area contributed by atoms with Gasteiger partial charge in [0.05, 0.1) is 5.70 Å². The largest absolute Gasteiger partial charge is 0.269 e. The van der Waals surface area contributed by atoms with E-state index < -0.39 is 0 Å². The first-order chi connectivity index (χ1) is 6.79. The molecule has 2 nitrogen and oxygen atoms in total. The molecular formula is C12H18N2. The second kappa shape index (κ2) is 5.43. The lowest BCUT2D eigenvalue weighted by atomic mass is 10.0. The zero-order valence-electron chi connectivity index (χ0n) is 9.03. The van der Waals surface area contributed by atoms with E-state index in [0.717, 1.165) is 25.0 Å². The van der Waals surface area contributed by atoms with Gasteiger partial charge in [0.2, 0.25) is 0 Å². The van der Waals surface area contributed by atoms with E-state index in [2.05, 4.69) is 43.0 Å². The Hall–Kier alpha value is -1.31. The Balaban J connectivity index is 2.97. The molecule has 1 rings (SSSR count). The summed E-state index contributed by atoms with van der Waals surface area (Å²) < 4.78 is 0. The summed E-state index contributed by atoms with van der Waals surface area (Å²) in [4.78, 5) is 0. The van der Waals surface area contributed by atoms with Gasteiger partial charge in [0.15, 0.2) is 0 Å². The third-order valence-electron chi connectivity index (χ3n) is 2.38. The van der Waals surface area contributed by atoms with Crippen molar-refractivity contribution in [1.82, 2.24) is 5.01 Å². The molecule has 0 aliphatic heterocycles. The molecule has 0 aromatic heterocycles. The van der Waals surface area contributed by atoms with Crippen molar-refractivity contribution >= 4 is 6.72 Å². The molecule has 0 amide bonds. The number of likely N-dealkylation sites (N-methyl/N-ethyl adjacent to an activating group) is 1. The number of rotatable bonds is 3. The molecule has 0 spiro atoms. The van der Waals surface area contributed by atoms with Crippen LogP contribution in [0.2, 0.25) is 0 Å².